The van der Waals surface area contributed by atoms with Crippen LogP contribution in [0.4, 0.5) is 0 Å². The molecular formula is C12H17NOS. The van der Waals surface area contributed by atoms with Gasteiger partial charge in [0.25, 0.3) is 0 Å². The molecule has 0 saturated carbocycles. The van der Waals surface area contributed by atoms with Crippen LogP contribution in [0.1, 0.15) is 35.8 Å². The first-order valence-corrected chi connectivity index (χ1v) is 6.01. The fourth-order valence-electron chi connectivity index (χ4n) is 1.43. The van der Waals surface area contributed by atoms with E-state index in [0.717, 1.165) is 22.7 Å². The Kier molecular flexibility index (Phi) is 4.21. The molecule has 0 saturated heterocycles. The van der Waals surface area contributed by atoms with Crippen molar-refractivity contribution in [2.45, 2.75) is 40.5 Å². The highest BCUT2D eigenvalue weighted by Crippen LogP contribution is 2.18. The van der Waals surface area contributed by atoms with Crippen LogP contribution in [-0.2, 0) is 11.2 Å². The quantitative estimate of drug-likeness (QED) is 0.733. The van der Waals surface area contributed by atoms with Gasteiger partial charge in [-0.3, -0.25) is 4.79 Å². The fourth-order valence-corrected chi connectivity index (χ4v) is 2.36. The van der Waals surface area contributed by atoms with Crippen LogP contribution in [0, 0.1) is 13.8 Å². The maximum atomic E-state index is 11.8. The number of aryl methyl sites for hydroxylation is 2. The first-order valence-electron chi connectivity index (χ1n) is 5.19. The van der Waals surface area contributed by atoms with Crippen LogP contribution in [0.2, 0.25) is 0 Å². The first kappa shape index (κ1) is 12.1. The zero-order chi connectivity index (χ0) is 11.4. The van der Waals surface area contributed by atoms with E-state index in [1.165, 1.54) is 4.88 Å². The predicted molar refractivity (Wildman–Crippen MR) is 64.3 cm³/mol. The second-order valence-corrected chi connectivity index (χ2v) is 4.80. The van der Waals surface area contributed by atoms with E-state index in [4.69, 9.17) is 0 Å². The Morgan fingerprint density at radius 2 is 2.13 bits per heavy atom. The van der Waals surface area contributed by atoms with E-state index in [1.54, 1.807) is 11.3 Å². The lowest BCUT2D eigenvalue weighted by Crippen LogP contribution is -2.05. The second-order valence-electron chi connectivity index (χ2n) is 3.52. The summed E-state index contributed by atoms with van der Waals surface area (Å²) in [6.45, 7) is 7.94. The standard InChI is InChI=1S/C12H17NOS/c1-5-10(6-2)11(14)7-12-13-8(3)9(4)15-12/h5H,6-7H2,1-4H3. The number of nitrogens with zero attached hydrogens (tertiary/aromatic N) is 1. The summed E-state index contributed by atoms with van der Waals surface area (Å²) in [6, 6.07) is 0. The number of hydrogen-bond donors (Lipinski definition) is 0. The van der Waals surface area contributed by atoms with Gasteiger partial charge in [0.1, 0.15) is 5.01 Å². The molecule has 0 unspecified atom stereocenters. The molecule has 0 atom stereocenters. The molecule has 1 aromatic rings. The maximum absolute atomic E-state index is 11.8. The third-order valence-corrected chi connectivity index (χ3v) is 3.54. The molecule has 0 aliphatic heterocycles. The number of thiazole rings is 1. The molecule has 0 spiro atoms. The molecule has 15 heavy (non-hydrogen) atoms. The molecule has 2 nitrogen and oxygen atoms in total. The topological polar surface area (TPSA) is 30.0 Å². The normalized spacial score (nSPS) is 11.9. The van der Waals surface area contributed by atoms with Crippen LogP contribution in [0.25, 0.3) is 0 Å². The van der Waals surface area contributed by atoms with Gasteiger partial charge in [-0.25, -0.2) is 4.98 Å². The lowest BCUT2D eigenvalue weighted by Gasteiger charge is -2.00. The van der Waals surface area contributed by atoms with Gasteiger partial charge in [-0.1, -0.05) is 13.0 Å². The largest absolute Gasteiger partial charge is 0.294 e. The molecule has 1 aromatic heterocycles. The molecule has 1 rings (SSSR count). The Labute approximate surface area is 95.0 Å². The number of Topliss-reactive ketones (excluding diaryl/α,β-unsaturated/α-hetero) is 1. The second kappa shape index (κ2) is 5.21. The van der Waals surface area contributed by atoms with Crippen LogP contribution >= 0.6 is 11.3 Å². The Hall–Kier alpha value is -0.960. The van der Waals surface area contributed by atoms with Crippen molar-refractivity contribution < 1.29 is 4.79 Å². The van der Waals surface area contributed by atoms with Crippen molar-refractivity contribution in [1.29, 1.82) is 0 Å². The minimum atomic E-state index is 0.203. The molecule has 0 N–H and O–H groups in total. The number of carbonyl (C=O) groups excluding carboxylic acids is 1. The molecule has 0 amide bonds. The van der Waals surface area contributed by atoms with E-state index in [9.17, 15) is 4.79 Å². The van der Waals surface area contributed by atoms with Crippen molar-refractivity contribution >= 4 is 17.1 Å². The molecule has 82 valence electrons. The number of ketones is 1. The van der Waals surface area contributed by atoms with E-state index >= 15 is 0 Å². The van der Waals surface area contributed by atoms with Crippen LogP contribution in [0.3, 0.4) is 0 Å². The number of carbonyl (C=O) groups is 1. The van der Waals surface area contributed by atoms with E-state index in [1.807, 2.05) is 33.8 Å². The molecule has 0 aromatic carbocycles. The molecule has 1 heterocycles. The molecule has 3 heteroatoms. The van der Waals surface area contributed by atoms with Crippen LogP contribution in [0.15, 0.2) is 11.6 Å². The lowest BCUT2D eigenvalue weighted by molar-refractivity contribution is -0.115. The highest BCUT2D eigenvalue weighted by molar-refractivity contribution is 7.11. The van der Waals surface area contributed by atoms with Gasteiger partial charge < -0.3 is 0 Å². The van der Waals surface area contributed by atoms with Crippen LogP contribution in [-0.4, -0.2) is 10.8 Å². The van der Waals surface area contributed by atoms with E-state index in [-0.39, 0.29) is 5.78 Å². The molecule has 0 fully saturated rings. The highest BCUT2D eigenvalue weighted by Gasteiger charge is 2.11. The summed E-state index contributed by atoms with van der Waals surface area (Å²) in [6.07, 6.45) is 3.15. The van der Waals surface area contributed by atoms with Crippen LogP contribution in [0.5, 0.6) is 0 Å². The van der Waals surface area contributed by atoms with Crippen molar-refractivity contribution in [2.75, 3.05) is 0 Å². The molecule has 0 aliphatic rings. The Morgan fingerprint density at radius 3 is 2.53 bits per heavy atom. The van der Waals surface area contributed by atoms with Gasteiger partial charge in [-0.15, -0.1) is 11.3 Å². The van der Waals surface area contributed by atoms with Crippen molar-refractivity contribution in [3.8, 4) is 0 Å². The minimum absolute atomic E-state index is 0.203. The number of aromatic nitrogens is 1. The summed E-state index contributed by atoms with van der Waals surface area (Å²) in [4.78, 5) is 17.4. The van der Waals surface area contributed by atoms with E-state index in [0.29, 0.717) is 6.42 Å². The first-order chi connectivity index (χ1) is 7.08. The molecule has 0 aliphatic carbocycles. The highest BCUT2D eigenvalue weighted by atomic mass is 32.1. The van der Waals surface area contributed by atoms with Gasteiger partial charge in [0.15, 0.2) is 5.78 Å². The van der Waals surface area contributed by atoms with Crippen molar-refractivity contribution in [3.63, 3.8) is 0 Å². The Morgan fingerprint density at radius 1 is 1.47 bits per heavy atom. The smallest absolute Gasteiger partial charge is 0.165 e. The van der Waals surface area contributed by atoms with Gasteiger partial charge in [0.05, 0.1) is 12.1 Å². The summed E-state index contributed by atoms with van der Waals surface area (Å²) in [7, 11) is 0. The van der Waals surface area contributed by atoms with E-state index in [2.05, 4.69) is 4.98 Å². The average molecular weight is 223 g/mol. The van der Waals surface area contributed by atoms with Gasteiger partial charge in [-0.05, 0) is 32.8 Å². The number of hydrogen-bond acceptors (Lipinski definition) is 3. The van der Waals surface area contributed by atoms with Gasteiger partial charge >= 0.3 is 0 Å². The number of allylic oxidation sites excluding steroid dienone is 2. The minimum Gasteiger partial charge on any atom is -0.294 e. The third kappa shape index (κ3) is 2.99. The zero-order valence-electron chi connectivity index (χ0n) is 9.76. The summed E-state index contributed by atoms with van der Waals surface area (Å²) in [5.74, 6) is 0.203. The third-order valence-electron chi connectivity index (χ3n) is 2.47. The van der Waals surface area contributed by atoms with Crippen molar-refractivity contribution in [3.05, 3.63) is 27.2 Å². The van der Waals surface area contributed by atoms with Gasteiger partial charge in [0.2, 0.25) is 0 Å². The fraction of sp³-hybridized carbons (Fsp3) is 0.500. The zero-order valence-corrected chi connectivity index (χ0v) is 10.6. The molecular weight excluding hydrogens is 206 g/mol. The Balaban J connectivity index is 2.74. The average Bonchev–Trinajstić information content (AvgIpc) is 2.47. The summed E-state index contributed by atoms with van der Waals surface area (Å²) in [5.41, 5.74) is 1.95. The molecule has 0 bridgehead atoms. The number of rotatable bonds is 4. The van der Waals surface area contributed by atoms with Gasteiger partial charge in [-0.2, -0.15) is 0 Å². The predicted octanol–water partition coefficient (Wildman–Crippen LogP) is 3.23. The lowest BCUT2D eigenvalue weighted by atomic mass is 10.1. The van der Waals surface area contributed by atoms with E-state index < -0.39 is 0 Å². The van der Waals surface area contributed by atoms with Crippen LogP contribution < -0.4 is 0 Å². The van der Waals surface area contributed by atoms with Crippen molar-refractivity contribution in [2.24, 2.45) is 0 Å². The SMILES string of the molecule is CC=C(CC)C(=O)Cc1nc(C)c(C)s1. The Bertz CT molecular complexity index is 371. The van der Waals surface area contributed by atoms with Crippen molar-refractivity contribution in [1.82, 2.24) is 4.98 Å². The van der Waals surface area contributed by atoms with Gasteiger partial charge in [0, 0.05) is 4.88 Å². The molecule has 0 radical (unpaired) electrons. The summed E-state index contributed by atoms with van der Waals surface area (Å²) < 4.78 is 0. The summed E-state index contributed by atoms with van der Waals surface area (Å²) >= 11 is 1.62. The summed E-state index contributed by atoms with van der Waals surface area (Å²) in [5, 5.41) is 0.933. The monoisotopic (exact) mass is 223 g/mol. The maximum Gasteiger partial charge on any atom is 0.165 e.